The summed E-state index contributed by atoms with van der Waals surface area (Å²) in [5.41, 5.74) is 3.18. The highest BCUT2D eigenvalue weighted by atomic mass is 16.5. The van der Waals surface area contributed by atoms with Crippen LogP contribution in [0.15, 0.2) is 12.1 Å². The molecule has 0 spiro atoms. The molecule has 1 aliphatic rings. The molecule has 4 nitrogen and oxygen atoms in total. The van der Waals surface area contributed by atoms with Crippen LogP contribution in [0.5, 0.6) is 0 Å². The second-order valence-corrected chi connectivity index (χ2v) is 4.46. The Morgan fingerprint density at radius 2 is 1.94 bits per heavy atom. The van der Waals surface area contributed by atoms with Crippen molar-refractivity contribution in [2.24, 2.45) is 0 Å². The van der Waals surface area contributed by atoms with Gasteiger partial charge in [-0.3, -0.25) is 9.59 Å². The lowest BCUT2D eigenvalue weighted by Gasteiger charge is -2.17. The van der Waals surface area contributed by atoms with Gasteiger partial charge in [-0.15, -0.1) is 0 Å². The normalized spacial score (nSPS) is 14.3. The molecule has 0 bridgehead atoms. The first-order valence-corrected chi connectivity index (χ1v) is 6.11. The topological polar surface area (TPSA) is 46.6 Å². The van der Waals surface area contributed by atoms with Crippen LogP contribution in [-0.2, 0) is 9.53 Å². The van der Waals surface area contributed by atoms with Crippen molar-refractivity contribution in [3.63, 3.8) is 0 Å². The molecule has 0 aromatic heterocycles. The molecule has 1 aromatic carbocycles. The van der Waals surface area contributed by atoms with Gasteiger partial charge in [0.05, 0.1) is 17.9 Å². The Kier molecular flexibility index (Phi) is 3.48. The molecule has 0 unspecified atom stereocenters. The number of fused-ring (bicyclic) bond motifs is 1. The van der Waals surface area contributed by atoms with Gasteiger partial charge >= 0.3 is 0 Å². The van der Waals surface area contributed by atoms with Gasteiger partial charge in [0.1, 0.15) is 0 Å². The summed E-state index contributed by atoms with van der Waals surface area (Å²) in [6.45, 7) is 7.20. The molecule has 0 atom stereocenters. The summed E-state index contributed by atoms with van der Waals surface area (Å²) in [6.07, 6.45) is 0. The van der Waals surface area contributed by atoms with Gasteiger partial charge in [-0.1, -0.05) is 6.07 Å². The number of nitrogens with zero attached hydrogens (tertiary/aromatic N) is 1. The van der Waals surface area contributed by atoms with E-state index < -0.39 is 11.7 Å². The first-order chi connectivity index (χ1) is 8.56. The molecule has 1 amide bonds. The van der Waals surface area contributed by atoms with E-state index in [1.54, 1.807) is 0 Å². The third kappa shape index (κ3) is 2.04. The second kappa shape index (κ2) is 4.90. The largest absolute Gasteiger partial charge is 0.380 e. The smallest absolute Gasteiger partial charge is 0.299 e. The molecule has 96 valence electrons. The van der Waals surface area contributed by atoms with Gasteiger partial charge in [-0.25, -0.2) is 0 Å². The third-order valence-corrected chi connectivity index (χ3v) is 3.08. The van der Waals surface area contributed by atoms with Gasteiger partial charge in [-0.05, 0) is 38.0 Å². The van der Waals surface area contributed by atoms with Crippen molar-refractivity contribution < 1.29 is 14.3 Å². The minimum absolute atomic E-state index is 0.404. The summed E-state index contributed by atoms with van der Waals surface area (Å²) < 4.78 is 5.25. The van der Waals surface area contributed by atoms with Crippen LogP contribution in [0, 0.1) is 13.8 Å². The third-order valence-electron chi connectivity index (χ3n) is 3.08. The van der Waals surface area contributed by atoms with Crippen LogP contribution in [-0.4, -0.2) is 31.4 Å². The van der Waals surface area contributed by atoms with E-state index in [1.807, 2.05) is 32.9 Å². The van der Waals surface area contributed by atoms with E-state index >= 15 is 0 Å². The Hall–Kier alpha value is -1.68. The van der Waals surface area contributed by atoms with E-state index in [-0.39, 0.29) is 0 Å². The molecule has 1 aliphatic heterocycles. The van der Waals surface area contributed by atoms with Gasteiger partial charge < -0.3 is 9.64 Å². The average Bonchev–Trinajstić information content (AvgIpc) is 2.54. The van der Waals surface area contributed by atoms with Crippen molar-refractivity contribution >= 4 is 17.4 Å². The van der Waals surface area contributed by atoms with E-state index in [2.05, 4.69) is 0 Å². The van der Waals surface area contributed by atoms with Crippen molar-refractivity contribution in [2.45, 2.75) is 20.8 Å². The number of amides is 1. The highest BCUT2D eigenvalue weighted by Gasteiger charge is 2.36. The van der Waals surface area contributed by atoms with E-state index in [0.717, 1.165) is 16.8 Å². The Balaban J connectivity index is 2.35. The summed E-state index contributed by atoms with van der Waals surface area (Å²) in [5.74, 6) is -0.850. The minimum Gasteiger partial charge on any atom is -0.380 e. The van der Waals surface area contributed by atoms with Crippen LogP contribution in [0.1, 0.15) is 28.4 Å². The SMILES string of the molecule is CCOCCN1C(=O)C(=O)c2c(C)cc(C)cc21. The van der Waals surface area contributed by atoms with E-state index in [4.69, 9.17) is 4.74 Å². The summed E-state index contributed by atoms with van der Waals surface area (Å²) in [4.78, 5) is 25.4. The average molecular weight is 247 g/mol. The van der Waals surface area contributed by atoms with Crippen molar-refractivity contribution in [3.8, 4) is 0 Å². The van der Waals surface area contributed by atoms with Crippen LogP contribution in [0.2, 0.25) is 0 Å². The van der Waals surface area contributed by atoms with Crippen molar-refractivity contribution in [1.29, 1.82) is 0 Å². The maximum Gasteiger partial charge on any atom is 0.299 e. The monoisotopic (exact) mass is 247 g/mol. The van der Waals surface area contributed by atoms with Gasteiger partial charge in [0.25, 0.3) is 11.7 Å². The first-order valence-electron chi connectivity index (χ1n) is 6.11. The summed E-state index contributed by atoms with van der Waals surface area (Å²) in [5, 5.41) is 0. The molecule has 0 aliphatic carbocycles. The number of carbonyl (C=O) groups is 2. The number of rotatable bonds is 4. The number of ketones is 1. The molecule has 0 saturated carbocycles. The number of hydrogen-bond donors (Lipinski definition) is 0. The fourth-order valence-electron chi connectivity index (χ4n) is 2.31. The lowest BCUT2D eigenvalue weighted by molar-refractivity contribution is -0.114. The molecule has 0 N–H and O–H groups in total. The van der Waals surface area contributed by atoms with Crippen LogP contribution in [0.25, 0.3) is 0 Å². The van der Waals surface area contributed by atoms with Crippen molar-refractivity contribution in [1.82, 2.24) is 0 Å². The zero-order chi connectivity index (χ0) is 13.3. The summed E-state index contributed by atoms with van der Waals surface area (Å²) >= 11 is 0. The van der Waals surface area contributed by atoms with Crippen LogP contribution in [0.3, 0.4) is 0 Å². The molecule has 0 saturated heterocycles. The molecule has 1 heterocycles. The molecule has 18 heavy (non-hydrogen) atoms. The Labute approximate surface area is 107 Å². The fourth-order valence-corrected chi connectivity index (χ4v) is 2.31. The quantitative estimate of drug-likeness (QED) is 0.602. The molecule has 0 fully saturated rings. The van der Waals surface area contributed by atoms with Crippen LogP contribution >= 0.6 is 0 Å². The fraction of sp³-hybridized carbons (Fsp3) is 0.429. The molecular formula is C14H17NO3. The lowest BCUT2D eigenvalue weighted by Crippen LogP contribution is -2.32. The Morgan fingerprint density at radius 3 is 2.61 bits per heavy atom. The highest BCUT2D eigenvalue weighted by Crippen LogP contribution is 2.32. The zero-order valence-corrected chi connectivity index (χ0v) is 10.9. The molecule has 1 aromatic rings. The lowest BCUT2D eigenvalue weighted by atomic mass is 10.0. The number of ether oxygens (including phenoxy) is 1. The highest BCUT2D eigenvalue weighted by molar-refractivity contribution is 6.52. The maximum absolute atomic E-state index is 11.9. The second-order valence-electron chi connectivity index (χ2n) is 4.46. The van der Waals surface area contributed by atoms with Gasteiger partial charge in [0.15, 0.2) is 0 Å². The van der Waals surface area contributed by atoms with E-state index in [0.29, 0.717) is 25.3 Å². The number of anilines is 1. The first kappa shape index (κ1) is 12.8. The minimum atomic E-state index is -0.446. The summed E-state index contributed by atoms with van der Waals surface area (Å²) in [6, 6.07) is 3.81. The number of Topliss-reactive ketones (excluding diaryl/α,β-unsaturated/α-hetero) is 1. The molecule has 2 rings (SSSR count). The van der Waals surface area contributed by atoms with Gasteiger partial charge in [-0.2, -0.15) is 0 Å². The molecule has 0 radical (unpaired) electrons. The number of carbonyl (C=O) groups excluding carboxylic acids is 2. The predicted molar refractivity (Wildman–Crippen MR) is 69.1 cm³/mol. The van der Waals surface area contributed by atoms with E-state index in [1.165, 1.54) is 4.90 Å². The van der Waals surface area contributed by atoms with Gasteiger partial charge in [0.2, 0.25) is 0 Å². The summed E-state index contributed by atoms with van der Waals surface area (Å²) in [7, 11) is 0. The standard InChI is InChI=1S/C14H17NO3/c1-4-18-6-5-15-11-8-9(2)7-10(3)12(11)13(16)14(15)17/h7-8H,4-6H2,1-3H3. The van der Waals surface area contributed by atoms with Crippen molar-refractivity contribution in [2.75, 3.05) is 24.7 Å². The molecular weight excluding hydrogens is 230 g/mol. The number of aryl methyl sites for hydroxylation is 2. The van der Waals surface area contributed by atoms with Crippen LogP contribution < -0.4 is 4.90 Å². The predicted octanol–water partition coefficient (Wildman–Crippen LogP) is 1.87. The maximum atomic E-state index is 11.9. The van der Waals surface area contributed by atoms with Crippen LogP contribution in [0.4, 0.5) is 5.69 Å². The van der Waals surface area contributed by atoms with E-state index in [9.17, 15) is 9.59 Å². The zero-order valence-electron chi connectivity index (χ0n) is 10.9. The van der Waals surface area contributed by atoms with Gasteiger partial charge in [0, 0.05) is 13.2 Å². The van der Waals surface area contributed by atoms with Crippen molar-refractivity contribution in [3.05, 3.63) is 28.8 Å². The Bertz CT molecular complexity index is 508. The number of hydrogen-bond acceptors (Lipinski definition) is 3. The number of benzene rings is 1. The Morgan fingerprint density at radius 1 is 1.22 bits per heavy atom. The molecule has 4 heteroatoms.